The minimum Gasteiger partial charge on any atom is -0.137 e. The quantitative estimate of drug-likeness (QED) is 0.360. The van der Waals surface area contributed by atoms with Crippen LogP contribution in [0.1, 0.15) is 12.8 Å². The summed E-state index contributed by atoms with van der Waals surface area (Å²) in [5, 5.41) is 0. The van der Waals surface area contributed by atoms with Crippen molar-refractivity contribution in [1.82, 2.24) is 0 Å². The fourth-order valence-electron chi connectivity index (χ4n) is 0.866. The van der Waals surface area contributed by atoms with Crippen LogP contribution in [0, 0.1) is 5.92 Å². The Bertz CT molecular complexity index is 68.2. The summed E-state index contributed by atoms with van der Waals surface area (Å²) >= 11 is 0. The highest BCUT2D eigenvalue weighted by molar-refractivity contribution is 7.16. The average molecular weight is 114 g/mol. The van der Waals surface area contributed by atoms with Crippen LogP contribution in [0.15, 0.2) is 12.2 Å². The van der Waals surface area contributed by atoms with Gasteiger partial charge in [-0.3, -0.25) is 0 Å². The first kappa shape index (κ1) is 5.31. The fourth-order valence-corrected chi connectivity index (χ4v) is 1.25. The summed E-state index contributed by atoms with van der Waals surface area (Å²) in [4.78, 5) is 0. The average Bonchev–Trinajstić information content (AvgIpc) is 2.14. The molecule has 7 heavy (non-hydrogen) atoms. The zero-order valence-corrected chi connectivity index (χ0v) is 5.59. The second-order valence-corrected chi connectivity index (χ2v) is 2.52. The van der Waals surface area contributed by atoms with Crippen molar-refractivity contribution in [1.29, 1.82) is 0 Å². The van der Waals surface area contributed by atoms with Gasteiger partial charge in [0.25, 0.3) is 0 Å². The van der Waals surface area contributed by atoms with E-state index in [1.54, 1.807) is 0 Å². The van der Waals surface area contributed by atoms with Crippen molar-refractivity contribution in [3.05, 3.63) is 12.2 Å². The van der Waals surface area contributed by atoms with Crippen LogP contribution in [0.5, 0.6) is 0 Å². The van der Waals surface area contributed by atoms with E-state index in [2.05, 4.69) is 21.4 Å². The first-order chi connectivity index (χ1) is 3.43. The lowest BCUT2D eigenvalue weighted by Gasteiger charge is -2.00. The van der Waals surface area contributed by atoms with Gasteiger partial charge in [-0.15, -0.1) is 9.24 Å². The minimum atomic E-state index is 0.949. The van der Waals surface area contributed by atoms with E-state index in [1.165, 1.54) is 19.0 Å². The largest absolute Gasteiger partial charge is 0.137 e. The molecule has 1 rings (SSSR count). The van der Waals surface area contributed by atoms with E-state index < -0.39 is 0 Å². The van der Waals surface area contributed by atoms with Crippen LogP contribution in [-0.4, -0.2) is 6.16 Å². The van der Waals surface area contributed by atoms with Crippen molar-refractivity contribution >= 4 is 9.24 Å². The molecule has 0 radical (unpaired) electrons. The fraction of sp³-hybridized carbons (Fsp3) is 0.667. The van der Waals surface area contributed by atoms with E-state index in [4.69, 9.17) is 0 Å². The van der Waals surface area contributed by atoms with Gasteiger partial charge in [0.15, 0.2) is 0 Å². The molecule has 0 aromatic carbocycles. The highest BCUT2D eigenvalue weighted by atomic mass is 31.0. The van der Waals surface area contributed by atoms with E-state index in [-0.39, 0.29) is 0 Å². The molecule has 0 saturated heterocycles. The smallest absolute Gasteiger partial charge is 0.0310 e. The Kier molecular flexibility index (Phi) is 1.87. The van der Waals surface area contributed by atoms with Gasteiger partial charge < -0.3 is 0 Å². The molecule has 0 aliphatic heterocycles. The second-order valence-electron chi connectivity index (χ2n) is 2.04. The molecule has 40 valence electrons. The van der Waals surface area contributed by atoms with Crippen molar-refractivity contribution in [2.45, 2.75) is 12.8 Å². The lowest BCUT2D eigenvalue weighted by molar-refractivity contribution is 0.650. The van der Waals surface area contributed by atoms with Crippen molar-refractivity contribution in [2.24, 2.45) is 5.92 Å². The molecule has 0 amide bonds. The van der Waals surface area contributed by atoms with E-state index in [9.17, 15) is 0 Å². The molecule has 1 aliphatic carbocycles. The van der Waals surface area contributed by atoms with Gasteiger partial charge in [-0.1, -0.05) is 12.2 Å². The molecule has 0 nitrogen and oxygen atoms in total. The summed E-state index contributed by atoms with van der Waals surface area (Å²) in [6, 6.07) is 0. The summed E-state index contributed by atoms with van der Waals surface area (Å²) in [5.74, 6) is 0.949. The summed E-state index contributed by atoms with van der Waals surface area (Å²) in [6.45, 7) is 0. The van der Waals surface area contributed by atoms with Crippen molar-refractivity contribution < 1.29 is 0 Å². The summed E-state index contributed by atoms with van der Waals surface area (Å²) in [7, 11) is 2.78. The monoisotopic (exact) mass is 114 g/mol. The van der Waals surface area contributed by atoms with Gasteiger partial charge in [0.2, 0.25) is 0 Å². The Labute approximate surface area is 47.2 Å². The Morgan fingerprint density at radius 1 is 1.43 bits per heavy atom. The lowest BCUT2D eigenvalue weighted by atomic mass is 10.1. The number of hydrogen-bond acceptors (Lipinski definition) is 0. The molecule has 0 fully saturated rings. The van der Waals surface area contributed by atoms with Crippen LogP contribution in [-0.2, 0) is 0 Å². The highest BCUT2D eigenvalue weighted by Gasteiger charge is 2.05. The van der Waals surface area contributed by atoms with Gasteiger partial charge in [-0.25, -0.2) is 0 Å². The third-order valence-corrected chi connectivity index (χ3v) is 2.11. The Hall–Kier alpha value is 0.170. The zero-order valence-electron chi connectivity index (χ0n) is 4.43. The summed E-state index contributed by atoms with van der Waals surface area (Å²) < 4.78 is 0. The third kappa shape index (κ3) is 1.28. The Morgan fingerprint density at radius 3 is 2.29 bits per heavy atom. The van der Waals surface area contributed by atoms with Crippen LogP contribution in [0.25, 0.3) is 0 Å². The molecule has 0 bridgehead atoms. The molecule has 0 aromatic heterocycles. The van der Waals surface area contributed by atoms with Crippen molar-refractivity contribution in [3.63, 3.8) is 0 Å². The van der Waals surface area contributed by atoms with Gasteiger partial charge in [0, 0.05) is 0 Å². The maximum atomic E-state index is 2.78. The van der Waals surface area contributed by atoms with Crippen LogP contribution < -0.4 is 0 Å². The molecule has 0 spiro atoms. The molecule has 1 aliphatic rings. The number of allylic oxidation sites excluding steroid dienone is 2. The standard InChI is InChI=1S/C6H11P/c7-5-6-3-1-2-4-6/h1-2,6H,3-5,7H2. The summed E-state index contributed by atoms with van der Waals surface area (Å²) in [6.07, 6.45) is 8.43. The van der Waals surface area contributed by atoms with E-state index in [1.807, 2.05) is 0 Å². The lowest BCUT2D eigenvalue weighted by Crippen LogP contribution is -1.91. The molecule has 1 heteroatoms. The minimum absolute atomic E-state index is 0.949. The topological polar surface area (TPSA) is 0 Å². The molecule has 0 heterocycles. The van der Waals surface area contributed by atoms with Crippen LogP contribution in [0.2, 0.25) is 0 Å². The van der Waals surface area contributed by atoms with Crippen LogP contribution in [0.4, 0.5) is 0 Å². The first-order valence-corrected chi connectivity index (χ1v) is 3.60. The molecule has 1 unspecified atom stereocenters. The molecule has 0 aromatic rings. The van der Waals surface area contributed by atoms with Gasteiger partial charge in [-0.2, -0.15) is 0 Å². The highest BCUT2D eigenvalue weighted by Crippen LogP contribution is 2.18. The maximum absolute atomic E-state index is 2.78. The maximum Gasteiger partial charge on any atom is -0.0310 e. The van der Waals surface area contributed by atoms with E-state index in [0.29, 0.717) is 0 Å². The predicted octanol–water partition coefficient (Wildman–Crippen LogP) is 1.83. The zero-order chi connectivity index (χ0) is 5.11. The van der Waals surface area contributed by atoms with Gasteiger partial charge in [0.1, 0.15) is 0 Å². The SMILES string of the molecule is PCC1CC=CC1. The molecule has 0 saturated carbocycles. The molecule has 1 atom stereocenters. The van der Waals surface area contributed by atoms with Crippen molar-refractivity contribution in [3.8, 4) is 0 Å². The van der Waals surface area contributed by atoms with Gasteiger partial charge in [0.05, 0.1) is 0 Å². The summed E-state index contributed by atoms with van der Waals surface area (Å²) in [5.41, 5.74) is 0. The van der Waals surface area contributed by atoms with Crippen LogP contribution in [0.3, 0.4) is 0 Å². The Morgan fingerprint density at radius 2 is 2.00 bits per heavy atom. The van der Waals surface area contributed by atoms with Crippen LogP contribution >= 0.6 is 9.24 Å². The third-order valence-electron chi connectivity index (χ3n) is 1.44. The molecular weight excluding hydrogens is 103 g/mol. The van der Waals surface area contributed by atoms with E-state index in [0.717, 1.165) is 5.92 Å². The first-order valence-electron chi connectivity index (χ1n) is 2.78. The van der Waals surface area contributed by atoms with Crippen molar-refractivity contribution in [2.75, 3.05) is 6.16 Å². The Balaban J connectivity index is 2.22. The number of rotatable bonds is 1. The molecular formula is C6H11P. The second kappa shape index (κ2) is 2.47. The molecule has 0 N–H and O–H groups in total. The normalized spacial score (nSPS) is 21.3. The number of hydrogen-bond donors (Lipinski definition) is 0. The van der Waals surface area contributed by atoms with E-state index >= 15 is 0 Å². The van der Waals surface area contributed by atoms with Gasteiger partial charge in [-0.05, 0) is 24.9 Å². The van der Waals surface area contributed by atoms with Gasteiger partial charge >= 0.3 is 0 Å². The predicted molar refractivity (Wildman–Crippen MR) is 36.4 cm³/mol.